The van der Waals surface area contributed by atoms with Crippen molar-refractivity contribution in [1.29, 1.82) is 0 Å². The summed E-state index contributed by atoms with van der Waals surface area (Å²) in [5, 5.41) is 5.03. The highest BCUT2D eigenvalue weighted by Crippen LogP contribution is 2.32. The van der Waals surface area contributed by atoms with E-state index < -0.39 is 10.0 Å². The van der Waals surface area contributed by atoms with Gasteiger partial charge in [-0.25, -0.2) is 8.42 Å². The molecule has 0 aliphatic carbocycles. The molecule has 1 aromatic heterocycles. The van der Waals surface area contributed by atoms with Gasteiger partial charge in [0.15, 0.2) is 0 Å². The van der Waals surface area contributed by atoms with Crippen molar-refractivity contribution in [3.05, 3.63) is 40.6 Å². The van der Waals surface area contributed by atoms with Gasteiger partial charge >= 0.3 is 0 Å². The van der Waals surface area contributed by atoms with Gasteiger partial charge in [-0.05, 0) is 48.9 Å². The maximum Gasteiger partial charge on any atom is 0.243 e. The molecule has 0 atom stereocenters. The second kappa shape index (κ2) is 10.8. The third-order valence-corrected chi connectivity index (χ3v) is 8.81. The predicted octanol–water partition coefficient (Wildman–Crippen LogP) is 3.72. The topological polar surface area (TPSA) is 79.0 Å². The molecule has 2 fully saturated rings. The number of rotatable bonds is 7. The third kappa shape index (κ3) is 5.70. The summed E-state index contributed by atoms with van der Waals surface area (Å²) in [4.78, 5) is 16.4. The Labute approximate surface area is 194 Å². The molecule has 0 saturated carbocycles. The van der Waals surface area contributed by atoms with Crippen molar-refractivity contribution >= 4 is 38.6 Å². The van der Waals surface area contributed by atoms with Crippen molar-refractivity contribution in [3.8, 4) is 0 Å². The first-order chi connectivity index (χ1) is 15.5. The summed E-state index contributed by atoms with van der Waals surface area (Å²) in [5.41, 5.74) is 1.48. The fraction of sp³-hybridized carbons (Fsp3) is 0.522. The molecule has 3 heterocycles. The van der Waals surface area contributed by atoms with Gasteiger partial charge in [0.2, 0.25) is 15.9 Å². The van der Waals surface area contributed by atoms with E-state index in [1.165, 1.54) is 17.1 Å². The highest BCUT2D eigenvalue weighted by molar-refractivity contribution is 7.89. The van der Waals surface area contributed by atoms with Crippen LogP contribution in [0, 0.1) is 0 Å². The van der Waals surface area contributed by atoms with Crippen LogP contribution >= 0.6 is 11.3 Å². The smallest absolute Gasteiger partial charge is 0.243 e. The minimum absolute atomic E-state index is 0.101. The molecule has 174 valence electrons. The number of nitrogens with one attached hydrogen (secondary N) is 1. The monoisotopic (exact) mass is 477 g/mol. The maximum atomic E-state index is 13.2. The molecular formula is C23H31N3O4S2. The molecule has 4 rings (SSSR count). The molecule has 0 spiro atoms. The van der Waals surface area contributed by atoms with Gasteiger partial charge in [-0.2, -0.15) is 4.31 Å². The third-order valence-electron chi connectivity index (χ3n) is 5.98. The van der Waals surface area contributed by atoms with Gasteiger partial charge < -0.3 is 15.0 Å². The lowest BCUT2D eigenvalue weighted by atomic mass is 10.2. The van der Waals surface area contributed by atoms with Crippen LogP contribution in [0.15, 0.2) is 40.6 Å². The molecule has 32 heavy (non-hydrogen) atoms. The van der Waals surface area contributed by atoms with Crippen molar-refractivity contribution in [2.75, 3.05) is 49.6 Å². The Bertz CT molecular complexity index is 994. The van der Waals surface area contributed by atoms with Crippen LogP contribution < -0.4 is 10.2 Å². The fourth-order valence-corrected chi connectivity index (χ4v) is 6.35. The number of aryl methyl sites for hydroxylation is 1. The molecule has 0 unspecified atom stereocenters. The Morgan fingerprint density at radius 2 is 1.78 bits per heavy atom. The molecule has 2 aliphatic heterocycles. The molecule has 1 amide bonds. The summed E-state index contributed by atoms with van der Waals surface area (Å²) in [5.74, 6) is -0.101. The van der Waals surface area contributed by atoms with Crippen LogP contribution in [0.1, 0.15) is 37.0 Å². The number of ether oxygens (including phenoxy) is 1. The minimum Gasteiger partial charge on any atom is -0.379 e. The van der Waals surface area contributed by atoms with Crippen LogP contribution in [0.3, 0.4) is 0 Å². The molecule has 2 saturated heterocycles. The standard InChI is InChI=1S/C23H31N3O4S2/c27-23(10-7-19-6-5-17-31-19)24-21-18-20(32(28,29)26-13-15-30-16-14-26)8-9-22(21)25-11-3-1-2-4-12-25/h5-6,8-9,17-18H,1-4,7,10-16H2,(H,24,27). The second-order valence-electron chi connectivity index (χ2n) is 8.22. The number of carbonyl (C=O) groups excluding carboxylic acids is 1. The first-order valence-electron chi connectivity index (χ1n) is 11.3. The summed E-state index contributed by atoms with van der Waals surface area (Å²) < 4.78 is 33.2. The molecule has 1 aromatic carbocycles. The van der Waals surface area contributed by atoms with E-state index in [1.807, 2.05) is 23.6 Å². The summed E-state index contributed by atoms with van der Waals surface area (Å²) in [7, 11) is -3.64. The van der Waals surface area contributed by atoms with Crippen LogP contribution in [0.4, 0.5) is 11.4 Å². The highest BCUT2D eigenvalue weighted by atomic mass is 32.2. The first kappa shape index (κ1) is 23.2. The van der Waals surface area contributed by atoms with Gasteiger partial charge in [-0.15, -0.1) is 11.3 Å². The van der Waals surface area contributed by atoms with Gasteiger partial charge in [-0.1, -0.05) is 18.9 Å². The zero-order valence-corrected chi connectivity index (χ0v) is 19.9. The van der Waals surface area contributed by atoms with Crippen LogP contribution in [0.5, 0.6) is 0 Å². The van der Waals surface area contributed by atoms with Crippen molar-refractivity contribution < 1.29 is 17.9 Å². The van der Waals surface area contributed by atoms with Crippen LogP contribution in [0.2, 0.25) is 0 Å². The molecular weight excluding hydrogens is 446 g/mol. The van der Waals surface area contributed by atoms with E-state index in [4.69, 9.17) is 4.74 Å². The number of morpholine rings is 1. The Morgan fingerprint density at radius 1 is 1.03 bits per heavy atom. The van der Waals surface area contributed by atoms with Crippen molar-refractivity contribution in [3.63, 3.8) is 0 Å². The Balaban J connectivity index is 1.58. The van der Waals surface area contributed by atoms with Gasteiger partial charge in [-0.3, -0.25) is 4.79 Å². The van der Waals surface area contributed by atoms with E-state index in [2.05, 4.69) is 10.2 Å². The number of sulfonamides is 1. The zero-order valence-electron chi connectivity index (χ0n) is 18.3. The van der Waals surface area contributed by atoms with Gasteiger partial charge in [0.05, 0.1) is 29.5 Å². The lowest BCUT2D eigenvalue weighted by Crippen LogP contribution is -2.40. The SMILES string of the molecule is O=C(CCc1cccs1)Nc1cc(S(=O)(=O)N2CCOCC2)ccc1N1CCCCCC1. The van der Waals surface area contributed by atoms with E-state index in [1.54, 1.807) is 23.5 Å². The number of anilines is 2. The lowest BCUT2D eigenvalue weighted by Gasteiger charge is -2.28. The van der Waals surface area contributed by atoms with Crippen LogP contribution in [-0.2, 0) is 26.0 Å². The average molecular weight is 478 g/mol. The number of hydrogen-bond acceptors (Lipinski definition) is 6. The van der Waals surface area contributed by atoms with Crippen LogP contribution in [-0.4, -0.2) is 58.0 Å². The minimum atomic E-state index is -3.64. The van der Waals surface area contributed by atoms with Crippen LogP contribution in [0.25, 0.3) is 0 Å². The van der Waals surface area contributed by atoms with Crippen molar-refractivity contribution in [1.82, 2.24) is 4.31 Å². The van der Waals surface area contributed by atoms with Crippen molar-refractivity contribution in [2.45, 2.75) is 43.4 Å². The molecule has 9 heteroatoms. The molecule has 2 aromatic rings. The molecule has 1 N–H and O–H groups in total. The zero-order chi connectivity index (χ0) is 22.4. The number of thiophene rings is 1. The average Bonchev–Trinajstić information content (AvgIpc) is 3.19. The Morgan fingerprint density at radius 3 is 2.47 bits per heavy atom. The van der Waals surface area contributed by atoms with Gasteiger partial charge in [0.25, 0.3) is 0 Å². The fourth-order valence-electron chi connectivity index (χ4n) is 4.20. The highest BCUT2D eigenvalue weighted by Gasteiger charge is 2.28. The Hall–Kier alpha value is -1.94. The second-order valence-corrected chi connectivity index (χ2v) is 11.2. The molecule has 7 nitrogen and oxygen atoms in total. The van der Waals surface area contributed by atoms with E-state index in [0.29, 0.717) is 44.8 Å². The predicted molar refractivity (Wildman–Crippen MR) is 128 cm³/mol. The molecule has 0 radical (unpaired) electrons. The van der Waals surface area contributed by atoms with E-state index in [9.17, 15) is 13.2 Å². The maximum absolute atomic E-state index is 13.2. The number of nitrogens with zero attached hydrogens (tertiary/aromatic N) is 2. The summed E-state index contributed by atoms with van der Waals surface area (Å²) in [6.07, 6.45) is 5.62. The number of benzene rings is 1. The van der Waals surface area contributed by atoms with Crippen molar-refractivity contribution in [2.24, 2.45) is 0 Å². The Kier molecular flexibility index (Phi) is 7.83. The van der Waals surface area contributed by atoms with E-state index in [-0.39, 0.29) is 10.8 Å². The largest absolute Gasteiger partial charge is 0.379 e. The summed E-state index contributed by atoms with van der Waals surface area (Å²) >= 11 is 1.64. The van der Waals surface area contributed by atoms with E-state index >= 15 is 0 Å². The molecule has 0 bridgehead atoms. The molecule has 2 aliphatic rings. The van der Waals surface area contributed by atoms with E-state index in [0.717, 1.165) is 36.5 Å². The van der Waals surface area contributed by atoms with Gasteiger partial charge in [0.1, 0.15) is 0 Å². The number of amides is 1. The summed E-state index contributed by atoms with van der Waals surface area (Å²) in [6, 6.07) is 9.17. The first-order valence-corrected chi connectivity index (χ1v) is 13.7. The summed E-state index contributed by atoms with van der Waals surface area (Å²) in [6.45, 7) is 3.31. The lowest BCUT2D eigenvalue weighted by molar-refractivity contribution is -0.116. The quantitative estimate of drug-likeness (QED) is 0.658. The normalized spacial score (nSPS) is 18.3. The van der Waals surface area contributed by atoms with Gasteiger partial charge in [0, 0.05) is 37.5 Å². The number of carbonyl (C=O) groups is 1. The number of hydrogen-bond donors (Lipinski definition) is 1.